The molecule has 1 fully saturated rings. The Hall–Kier alpha value is -1.84. The molecule has 3 rings (SSSR count). The molecule has 1 aromatic heterocycles. The molecule has 0 radical (unpaired) electrons. The minimum Gasteiger partial charge on any atom is -0.397 e. The monoisotopic (exact) mass is 217 g/mol. The maximum atomic E-state index is 12.9. The van der Waals surface area contributed by atoms with E-state index in [4.69, 9.17) is 5.73 Å². The van der Waals surface area contributed by atoms with Gasteiger partial charge in [-0.15, -0.1) is 0 Å². The number of nitrogens with two attached hydrogens (primary N) is 1. The standard InChI is InChI=1S/C12H12FN3/c13-9-3-4-12(10(14)7-9)16-6-5-11(15-16)8-1-2-8/h3-8H,1-2,14H2. The first-order valence-corrected chi connectivity index (χ1v) is 5.35. The smallest absolute Gasteiger partial charge is 0.125 e. The van der Waals surface area contributed by atoms with Crippen molar-refractivity contribution in [1.82, 2.24) is 9.78 Å². The Bertz CT molecular complexity index is 529. The van der Waals surface area contributed by atoms with Gasteiger partial charge in [-0.2, -0.15) is 5.10 Å². The zero-order chi connectivity index (χ0) is 11.1. The van der Waals surface area contributed by atoms with Gasteiger partial charge in [0, 0.05) is 12.1 Å². The van der Waals surface area contributed by atoms with Gasteiger partial charge < -0.3 is 5.73 Å². The van der Waals surface area contributed by atoms with Crippen molar-refractivity contribution in [3.8, 4) is 5.69 Å². The van der Waals surface area contributed by atoms with Crippen LogP contribution in [0.5, 0.6) is 0 Å². The van der Waals surface area contributed by atoms with E-state index in [2.05, 4.69) is 5.10 Å². The molecular formula is C12H12FN3. The molecule has 1 aliphatic carbocycles. The lowest BCUT2D eigenvalue weighted by Crippen LogP contribution is -2.01. The van der Waals surface area contributed by atoms with Crippen molar-refractivity contribution in [2.75, 3.05) is 5.73 Å². The molecule has 3 nitrogen and oxygen atoms in total. The average Bonchev–Trinajstić information content (AvgIpc) is 2.98. The largest absolute Gasteiger partial charge is 0.397 e. The number of aromatic nitrogens is 2. The maximum absolute atomic E-state index is 12.9. The first-order valence-electron chi connectivity index (χ1n) is 5.35. The number of hydrogen-bond donors (Lipinski definition) is 1. The van der Waals surface area contributed by atoms with Gasteiger partial charge in [0.15, 0.2) is 0 Å². The van der Waals surface area contributed by atoms with Crippen molar-refractivity contribution in [3.63, 3.8) is 0 Å². The minimum atomic E-state index is -0.323. The summed E-state index contributed by atoms with van der Waals surface area (Å²) in [6.45, 7) is 0. The van der Waals surface area contributed by atoms with Gasteiger partial charge in [-0.1, -0.05) is 0 Å². The van der Waals surface area contributed by atoms with Gasteiger partial charge in [0.1, 0.15) is 5.82 Å². The summed E-state index contributed by atoms with van der Waals surface area (Å²) in [4.78, 5) is 0. The summed E-state index contributed by atoms with van der Waals surface area (Å²) in [5.74, 6) is 0.291. The molecule has 0 bridgehead atoms. The SMILES string of the molecule is Nc1cc(F)ccc1-n1ccc(C2CC2)n1. The summed E-state index contributed by atoms with van der Waals surface area (Å²) in [6.07, 6.45) is 4.31. The predicted molar refractivity (Wildman–Crippen MR) is 59.9 cm³/mol. The molecule has 16 heavy (non-hydrogen) atoms. The van der Waals surface area contributed by atoms with E-state index >= 15 is 0 Å². The third kappa shape index (κ3) is 1.56. The topological polar surface area (TPSA) is 43.8 Å². The summed E-state index contributed by atoms with van der Waals surface area (Å²) in [5, 5.41) is 4.45. The molecule has 0 atom stereocenters. The number of hydrogen-bond acceptors (Lipinski definition) is 2. The maximum Gasteiger partial charge on any atom is 0.125 e. The molecule has 2 N–H and O–H groups in total. The summed E-state index contributed by atoms with van der Waals surface area (Å²) in [5.41, 5.74) is 7.99. The van der Waals surface area contributed by atoms with Crippen LogP contribution < -0.4 is 5.73 Å². The van der Waals surface area contributed by atoms with Crippen LogP contribution in [0, 0.1) is 5.82 Å². The van der Waals surface area contributed by atoms with E-state index in [0.29, 0.717) is 11.6 Å². The molecule has 2 aromatic rings. The number of halogens is 1. The van der Waals surface area contributed by atoms with Gasteiger partial charge in [-0.25, -0.2) is 9.07 Å². The van der Waals surface area contributed by atoms with Gasteiger partial charge in [-0.3, -0.25) is 0 Å². The van der Waals surface area contributed by atoms with Gasteiger partial charge in [-0.05, 0) is 37.1 Å². The Morgan fingerprint density at radius 3 is 2.81 bits per heavy atom. The Morgan fingerprint density at radius 2 is 2.12 bits per heavy atom. The summed E-state index contributed by atoms with van der Waals surface area (Å²) in [7, 11) is 0. The number of benzene rings is 1. The molecule has 0 aliphatic heterocycles. The van der Waals surface area contributed by atoms with Gasteiger partial charge in [0.25, 0.3) is 0 Å². The third-order valence-corrected chi connectivity index (χ3v) is 2.84. The van der Waals surface area contributed by atoms with Crippen molar-refractivity contribution in [1.29, 1.82) is 0 Å². The Labute approximate surface area is 92.7 Å². The van der Waals surface area contributed by atoms with Gasteiger partial charge >= 0.3 is 0 Å². The van der Waals surface area contributed by atoms with Crippen LogP contribution in [-0.2, 0) is 0 Å². The molecule has 82 valence electrons. The Kier molecular flexibility index (Phi) is 1.96. The molecule has 1 aliphatic rings. The van der Waals surface area contributed by atoms with Crippen LogP contribution >= 0.6 is 0 Å². The summed E-state index contributed by atoms with van der Waals surface area (Å²) >= 11 is 0. The average molecular weight is 217 g/mol. The third-order valence-electron chi connectivity index (χ3n) is 2.84. The predicted octanol–water partition coefficient (Wildman–Crippen LogP) is 2.47. The lowest BCUT2D eigenvalue weighted by Gasteiger charge is -2.05. The highest BCUT2D eigenvalue weighted by molar-refractivity contribution is 5.57. The quantitative estimate of drug-likeness (QED) is 0.785. The Balaban J connectivity index is 2.00. The van der Waals surface area contributed by atoms with E-state index in [-0.39, 0.29) is 5.82 Å². The number of anilines is 1. The van der Waals surface area contributed by atoms with E-state index in [0.717, 1.165) is 11.4 Å². The number of rotatable bonds is 2. The summed E-state index contributed by atoms with van der Waals surface area (Å²) in [6, 6.07) is 6.35. The van der Waals surface area contributed by atoms with E-state index in [9.17, 15) is 4.39 Å². The van der Waals surface area contributed by atoms with E-state index in [1.807, 2.05) is 12.3 Å². The molecular weight excluding hydrogens is 205 g/mol. The van der Waals surface area contributed by atoms with Crippen LogP contribution in [0.15, 0.2) is 30.5 Å². The van der Waals surface area contributed by atoms with Crippen LogP contribution in [0.25, 0.3) is 5.69 Å². The highest BCUT2D eigenvalue weighted by atomic mass is 19.1. The zero-order valence-corrected chi connectivity index (χ0v) is 8.73. The van der Waals surface area contributed by atoms with Crippen molar-refractivity contribution in [2.24, 2.45) is 0 Å². The molecule has 1 saturated carbocycles. The second kappa shape index (κ2) is 3.33. The van der Waals surface area contributed by atoms with Gasteiger partial charge in [0.2, 0.25) is 0 Å². The molecule has 0 saturated heterocycles. The molecule has 1 aromatic carbocycles. The molecule has 0 unspecified atom stereocenters. The molecule has 0 spiro atoms. The highest BCUT2D eigenvalue weighted by Crippen LogP contribution is 2.39. The van der Waals surface area contributed by atoms with Crippen LogP contribution in [0.1, 0.15) is 24.5 Å². The van der Waals surface area contributed by atoms with Crippen LogP contribution in [0.2, 0.25) is 0 Å². The van der Waals surface area contributed by atoms with Crippen molar-refractivity contribution in [2.45, 2.75) is 18.8 Å². The van der Waals surface area contributed by atoms with Crippen molar-refractivity contribution < 1.29 is 4.39 Å². The van der Waals surface area contributed by atoms with Crippen LogP contribution in [0.3, 0.4) is 0 Å². The summed E-state index contributed by atoms with van der Waals surface area (Å²) < 4.78 is 14.6. The normalized spacial score (nSPS) is 15.3. The fraction of sp³-hybridized carbons (Fsp3) is 0.250. The molecule has 4 heteroatoms. The first-order chi connectivity index (χ1) is 7.74. The first kappa shape index (κ1) is 9.39. The lowest BCUT2D eigenvalue weighted by atomic mass is 10.2. The van der Waals surface area contributed by atoms with Gasteiger partial charge in [0.05, 0.1) is 17.1 Å². The lowest BCUT2D eigenvalue weighted by molar-refractivity contribution is 0.627. The fourth-order valence-corrected chi connectivity index (χ4v) is 1.80. The minimum absolute atomic E-state index is 0.323. The molecule has 0 amide bonds. The Morgan fingerprint density at radius 1 is 1.31 bits per heavy atom. The van der Waals surface area contributed by atoms with Crippen molar-refractivity contribution in [3.05, 3.63) is 42.0 Å². The molecule has 1 heterocycles. The van der Waals surface area contributed by atoms with Crippen molar-refractivity contribution >= 4 is 5.69 Å². The second-order valence-corrected chi connectivity index (χ2v) is 4.16. The highest BCUT2D eigenvalue weighted by Gasteiger charge is 2.25. The van der Waals surface area contributed by atoms with E-state index in [1.165, 1.54) is 25.0 Å². The van der Waals surface area contributed by atoms with Crippen LogP contribution in [0.4, 0.5) is 10.1 Å². The second-order valence-electron chi connectivity index (χ2n) is 4.16. The number of nitrogens with zero attached hydrogens (tertiary/aromatic N) is 2. The van der Waals surface area contributed by atoms with Crippen LogP contribution in [-0.4, -0.2) is 9.78 Å². The number of nitrogen functional groups attached to an aromatic ring is 1. The fourth-order valence-electron chi connectivity index (χ4n) is 1.80. The zero-order valence-electron chi connectivity index (χ0n) is 8.73. The van der Waals surface area contributed by atoms with E-state index in [1.54, 1.807) is 10.7 Å². The van der Waals surface area contributed by atoms with E-state index < -0.39 is 0 Å².